The molecule has 0 radical (unpaired) electrons. The molecule has 4 heteroatoms. The lowest BCUT2D eigenvalue weighted by Crippen LogP contribution is -2.45. The molecule has 1 aromatic rings. The lowest BCUT2D eigenvalue weighted by Gasteiger charge is -2.40. The Morgan fingerprint density at radius 1 is 1.44 bits per heavy atom. The number of Topliss-reactive ketones (excluding diaryl/α,β-unsaturated/α-hetero) is 1. The molecule has 0 spiro atoms. The van der Waals surface area contributed by atoms with Gasteiger partial charge in [-0.1, -0.05) is 13.0 Å². The van der Waals surface area contributed by atoms with Crippen molar-refractivity contribution < 1.29 is 9.18 Å². The van der Waals surface area contributed by atoms with Gasteiger partial charge in [-0.15, -0.1) is 0 Å². The number of hydrogen-bond donors (Lipinski definition) is 0. The van der Waals surface area contributed by atoms with Gasteiger partial charge < -0.3 is 4.90 Å². The Kier molecular flexibility index (Phi) is 3.95. The highest BCUT2D eigenvalue weighted by atomic mass is 32.2. The summed E-state index contributed by atoms with van der Waals surface area (Å²) in [5.74, 6) is 0.388. The van der Waals surface area contributed by atoms with Crippen LogP contribution in [0.3, 0.4) is 0 Å². The van der Waals surface area contributed by atoms with E-state index >= 15 is 0 Å². The number of hydrogen-bond acceptors (Lipinski definition) is 3. The van der Waals surface area contributed by atoms with Crippen LogP contribution in [0.25, 0.3) is 0 Å². The second-order valence-corrected chi connectivity index (χ2v) is 6.19. The van der Waals surface area contributed by atoms with Crippen LogP contribution >= 0.6 is 11.8 Å². The number of carbonyl (C=O) groups is 1. The number of ketones is 1. The predicted molar refractivity (Wildman–Crippen MR) is 75.1 cm³/mol. The van der Waals surface area contributed by atoms with Gasteiger partial charge in [-0.3, -0.25) is 4.79 Å². The smallest absolute Gasteiger partial charge is 0.164 e. The normalized spacial score (nSPS) is 24.1. The van der Waals surface area contributed by atoms with Crippen LogP contribution in [0.15, 0.2) is 18.2 Å². The minimum atomic E-state index is -0.418. The summed E-state index contributed by atoms with van der Waals surface area (Å²) >= 11 is 1.92. The Bertz CT molecular complexity index is 463. The number of halogens is 1. The Morgan fingerprint density at radius 3 is 2.83 bits per heavy atom. The van der Waals surface area contributed by atoms with Gasteiger partial charge >= 0.3 is 0 Å². The summed E-state index contributed by atoms with van der Waals surface area (Å²) in [5, 5.41) is 0.488. The van der Waals surface area contributed by atoms with Gasteiger partial charge in [-0.2, -0.15) is 11.8 Å². The molecular formula is C14H18FNOS. The van der Waals surface area contributed by atoms with E-state index < -0.39 is 5.82 Å². The van der Waals surface area contributed by atoms with E-state index in [1.165, 1.54) is 13.0 Å². The Balaban J connectivity index is 2.44. The molecule has 0 amide bonds. The fourth-order valence-electron chi connectivity index (χ4n) is 2.37. The molecule has 2 rings (SSSR count). The first-order chi connectivity index (χ1) is 8.52. The van der Waals surface area contributed by atoms with Gasteiger partial charge in [0.15, 0.2) is 5.78 Å². The fraction of sp³-hybridized carbons (Fsp3) is 0.500. The molecule has 0 bridgehead atoms. The largest absolute Gasteiger partial charge is 0.366 e. The van der Waals surface area contributed by atoms with Crippen molar-refractivity contribution in [3.63, 3.8) is 0 Å². The summed E-state index contributed by atoms with van der Waals surface area (Å²) in [7, 11) is 0. The first-order valence-electron chi connectivity index (χ1n) is 6.20. The molecular weight excluding hydrogens is 249 g/mol. The van der Waals surface area contributed by atoms with Crippen molar-refractivity contribution in [1.82, 2.24) is 0 Å². The Labute approximate surface area is 112 Å². The molecule has 0 saturated carbocycles. The highest BCUT2D eigenvalue weighted by Gasteiger charge is 2.28. The first-order valence-corrected chi connectivity index (χ1v) is 7.25. The van der Waals surface area contributed by atoms with Crippen molar-refractivity contribution in [2.45, 2.75) is 32.1 Å². The molecule has 0 N–H and O–H groups in total. The molecule has 1 aliphatic rings. The SMILES string of the molecule is CC(=O)c1c(F)cccc1N1CCSC(C)C1C. The maximum absolute atomic E-state index is 13.8. The van der Waals surface area contributed by atoms with Gasteiger partial charge in [0, 0.05) is 23.6 Å². The third kappa shape index (κ3) is 2.39. The van der Waals surface area contributed by atoms with Crippen LogP contribution in [0.5, 0.6) is 0 Å². The van der Waals surface area contributed by atoms with E-state index in [1.807, 2.05) is 17.8 Å². The van der Waals surface area contributed by atoms with E-state index in [1.54, 1.807) is 6.07 Å². The van der Waals surface area contributed by atoms with Gasteiger partial charge in [0.05, 0.1) is 11.3 Å². The van der Waals surface area contributed by atoms with Crippen molar-refractivity contribution in [2.24, 2.45) is 0 Å². The molecule has 98 valence electrons. The molecule has 1 saturated heterocycles. The van der Waals surface area contributed by atoms with Crippen LogP contribution in [0, 0.1) is 5.82 Å². The summed E-state index contributed by atoms with van der Waals surface area (Å²) in [6, 6.07) is 5.19. The second kappa shape index (κ2) is 5.31. The Morgan fingerprint density at radius 2 is 2.17 bits per heavy atom. The Hall–Kier alpha value is -1.03. The summed E-state index contributed by atoms with van der Waals surface area (Å²) in [6.07, 6.45) is 0. The van der Waals surface area contributed by atoms with E-state index in [0.717, 1.165) is 18.0 Å². The van der Waals surface area contributed by atoms with Gasteiger partial charge in [0.1, 0.15) is 5.82 Å². The molecule has 0 aliphatic carbocycles. The van der Waals surface area contributed by atoms with Crippen molar-refractivity contribution >= 4 is 23.2 Å². The molecule has 1 heterocycles. The fourth-order valence-corrected chi connectivity index (χ4v) is 3.47. The van der Waals surface area contributed by atoms with Crippen LogP contribution in [0.4, 0.5) is 10.1 Å². The van der Waals surface area contributed by atoms with Gasteiger partial charge in [0.2, 0.25) is 0 Å². The number of carbonyl (C=O) groups excluding carboxylic acids is 1. The van der Waals surface area contributed by atoms with Crippen LogP contribution in [-0.2, 0) is 0 Å². The maximum Gasteiger partial charge on any atom is 0.164 e. The second-order valence-electron chi connectivity index (χ2n) is 4.70. The summed E-state index contributed by atoms with van der Waals surface area (Å²) < 4.78 is 13.8. The monoisotopic (exact) mass is 267 g/mol. The van der Waals surface area contributed by atoms with Crippen LogP contribution < -0.4 is 4.90 Å². The van der Waals surface area contributed by atoms with Crippen molar-refractivity contribution in [2.75, 3.05) is 17.2 Å². The molecule has 2 unspecified atom stereocenters. The third-order valence-electron chi connectivity index (χ3n) is 3.54. The number of thioether (sulfide) groups is 1. The van der Waals surface area contributed by atoms with E-state index in [2.05, 4.69) is 18.7 Å². The van der Waals surface area contributed by atoms with Crippen molar-refractivity contribution in [3.8, 4) is 0 Å². The molecule has 2 nitrogen and oxygen atoms in total. The summed E-state index contributed by atoms with van der Waals surface area (Å²) in [4.78, 5) is 13.8. The van der Waals surface area contributed by atoms with E-state index in [-0.39, 0.29) is 11.3 Å². The molecule has 1 fully saturated rings. The van der Waals surface area contributed by atoms with E-state index in [4.69, 9.17) is 0 Å². The zero-order chi connectivity index (χ0) is 13.3. The summed E-state index contributed by atoms with van der Waals surface area (Å²) in [5.41, 5.74) is 0.964. The zero-order valence-electron chi connectivity index (χ0n) is 10.9. The zero-order valence-corrected chi connectivity index (χ0v) is 11.8. The summed E-state index contributed by atoms with van der Waals surface area (Å²) in [6.45, 7) is 6.59. The minimum absolute atomic E-state index is 0.207. The van der Waals surface area contributed by atoms with Gasteiger partial charge in [0.25, 0.3) is 0 Å². The molecule has 18 heavy (non-hydrogen) atoms. The van der Waals surface area contributed by atoms with Crippen LogP contribution in [-0.4, -0.2) is 29.4 Å². The number of nitrogens with zero attached hydrogens (tertiary/aromatic N) is 1. The lowest BCUT2D eigenvalue weighted by atomic mass is 10.1. The number of rotatable bonds is 2. The molecule has 0 aromatic heterocycles. The van der Waals surface area contributed by atoms with Crippen LogP contribution in [0.1, 0.15) is 31.1 Å². The third-order valence-corrected chi connectivity index (χ3v) is 4.87. The molecule has 2 atom stereocenters. The van der Waals surface area contributed by atoms with E-state index in [9.17, 15) is 9.18 Å². The van der Waals surface area contributed by atoms with Gasteiger partial charge in [-0.05, 0) is 26.0 Å². The highest BCUT2D eigenvalue weighted by Crippen LogP contribution is 2.32. The first kappa shape index (κ1) is 13.4. The standard InChI is InChI=1S/C14H18FNOS/c1-9-11(3)18-8-7-16(9)13-6-4-5-12(15)14(13)10(2)17/h4-6,9,11H,7-8H2,1-3H3. The average Bonchev–Trinajstić information content (AvgIpc) is 2.32. The lowest BCUT2D eigenvalue weighted by molar-refractivity contribution is 0.101. The molecule has 1 aromatic carbocycles. The topological polar surface area (TPSA) is 20.3 Å². The number of anilines is 1. The molecule has 1 aliphatic heterocycles. The van der Waals surface area contributed by atoms with Crippen molar-refractivity contribution in [3.05, 3.63) is 29.6 Å². The predicted octanol–water partition coefficient (Wildman–Crippen LogP) is 3.36. The van der Waals surface area contributed by atoms with E-state index in [0.29, 0.717) is 11.3 Å². The maximum atomic E-state index is 13.8. The highest BCUT2D eigenvalue weighted by molar-refractivity contribution is 8.00. The average molecular weight is 267 g/mol. The van der Waals surface area contributed by atoms with Gasteiger partial charge in [-0.25, -0.2) is 4.39 Å². The van der Waals surface area contributed by atoms with Crippen LogP contribution in [0.2, 0.25) is 0 Å². The van der Waals surface area contributed by atoms with Crippen molar-refractivity contribution in [1.29, 1.82) is 0 Å². The number of benzene rings is 1. The quantitative estimate of drug-likeness (QED) is 0.766. The minimum Gasteiger partial charge on any atom is -0.366 e.